The van der Waals surface area contributed by atoms with Crippen LogP contribution in [0, 0.1) is 18.6 Å². The largest absolute Gasteiger partial charge is 0.289 e. The molecule has 1 aromatic heterocycles. The molecule has 2 unspecified atom stereocenters. The number of hydrogen-bond acceptors (Lipinski definition) is 3. The lowest BCUT2D eigenvalue weighted by molar-refractivity contribution is -0.135. The summed E-state index contributed by atoms with van der Waals surface area (Å²) in [5.74, 6) is -1.59. The van der Waals surface area contributed by atoms with E-state index in [0.717, 1.165) is 0 Å². The normalized spacial score (nSPS) is 22.0. The number of hydrogen-bond donors (Lipinski definition) is 2. The maximum atomic E-state index is 15.2. The van der Waals surface area contributed by atoms with E-state index in [1.165, 1.54) is 10.7 Å². The smallest absolute Gasteiger partial charge is 0.254 e. The van der Waals surface area contributed by atoms with Crippen LogP contribution in [0.3, 0.4) is 0 Å². The SMILES string of the molecule is Cc1c(F)cccc1C1(C(=O)NO)CCC(c2ccc3cnn(C)c3c2F)C1. The summed E-state index contributed by atoms with van der Waals surface area (Å²) >= 11 is 0. The van der Waals surface area contributed by atoms with Crippen molar-refractivity contribution in [2.24, 2.45) is 7.05 Å². The number of amides is 1. The minimum atomic E-state index is -1.11. The first-order chi connectivity index (χ1) is 13.4. The van der Waals surface area contributed by atoms with Gasteiger partial charge in [-0.3, -0.25) is 14.7 Å². The van der Waals surface area contributed by atoms with Gasteiger partial charge in [-0.25, -0.2) is 14.3 Å². The van der Waals surface area contributed by atoms with Crippen LogP contribution in [0.2, 0.25) is 0 Å². The molecule has 7 heteroatoms. The van der Waals surface area contributed by atoms with E-state index in [-0.39, 0.29) is 18.2 Å². The number of fused-ring (bicyclic) bond motifs is 1. The van der Waals surface area contributed by atoms with E-state index in [1.807, 2.05) is 6.07 Å². The number of nitrogens with zero attached hydrogens (tertiary/aromatic N) is 2. The van der Waals surface area contributed by atoms with Gasteiger partial charge in [0.05, 0.1) is 11.6 Å². The van der Waals surface area contributed by atoms with Gasteiger partial charge in [-0.2, -0.15) is 5.10 Å². The Morgan fingerprint density at radius 3 is 2.86 bits per heavy atom. The Morgan fingerprint density at radius 1 is 1.32 bits per heavy atom. The highest BCUT2D eigenvalue weighted by Crippen LogP contribution is 2.50. The van der Waals surface area contributed by atoms with Crippen LogP contribution in [0.1, 0.15) is 41.9 Å². The van der Waals surface area contributed by atoms with E-state index in [4.69, 9.17) is 0 Å². The third-order valence-electron chi connectivity index (χ3n) is 6.14. The molecule has 2 N–H and O–H groups in total. The minimum absolute atomic E-state index is 0.237. The van der Waals surface area contributed by atoms with Crippen molar-refractivity contribution in [2.45, 2.75) is 37.5 Å². The number of halogens is 2. The standard InChI is InChI=1S/C21H21F2N3O2/c1-12-16(4-3-5-17(12)22)21(20(27)25-28)9-8-13(10-21)15-7-6-14-11-24-26(2)19(14)18(15)23/h3-7,11,13,28H,8-10H2,1-2H3,(H,25,27). The van der Waals surface area contributed by atoms with Crippen molar-refractivity contribution in [1.82, 2.24) is 15.3 Å². The molecule has 1 aliphatic carbocycles. The number of benzene rings is 2. The fourth-order valence-electron chi connectivity index (χ4n) is 4.67. The van der Waals surface area contributed by atoms with Gasteiger partial charge in [0.15, 0.2) is 5.82 Å². The van der Waals surface area contributed by atoms with Crippen molar-refractivity contribution in [3.8, 4) is 0 Å². The fourth-order valence-corrected chi connectivity index (χ4v) is 4.67. The Balaban J connectivity index is 1.80. The van der Waals surface area contributed by atoms with Crippen molar-refractivity contribution < 1.29 is 18.8 Å². The zero-order valence-electron chi connectivity index (χ0n) is 15.7. The van der Waals surface area contributed by atoms with Crippen molar-refractivity contribution in [2.75, 3.05) is 0 Å². The third-order valence-corrected chi connectivity index (χ3v) is 6.14. The van der Waals surface area contributed by atoms with E-state index in [2.05, 4.69) is 5.10 Å². The minimum Gasteiger partial charge on any atom is -0.289 e. The highest BCUT2D eigenvalue weighted by Gasteiger charge is 2.48. The predicted octanol–water partition coefficient (Wildman–Crippen LogP) is 3.87. The maximum absolute atomic E-state index is 15.2. The molecular weight excluding hydrogens is 364 g/mol. The molecule has 1 aliphatic rings. The quantitative estimate of drug-likeness (QED) is 0.531. The molecule has 2 atom stereocenters. The molecule has 0 saturated heterocycles. The molecule has 0 radical (unpaired) electrons. The van der Waals surface area contributed by atoms with Crippen LogP contribution in [0.4, 0.5) is 8.78 Å². The van der Waals surface area contributed by atoms with Gasteiger partial charge in [-0.05, 0) is 54.9 Å². The summed E-state index contributed by atoms with van der Waals surface area (Å²) in [7, 11) is 1.68. The van der Waals surface area contributed by atoms with E-state index >= 15 is 4.39 Å². The average Bonchev–Trinajstić information content (AvgIpc) is 3.29. The summed E-state index contributed by atoms with van der Waals surface area (Å²) < 4.78 is 30.9. The summed E-state index contributed by atoms with van der Waals surface area (Å²) in [6.07, 6.45) is 2.82. The zero-order valence-corrected chi connectivity index (χ0v) is 15.7. The van der Waals surface area contributed by atoms with Crippen LogP contribution in [0.15, 0.2) is 36.5 Å². The molecule has 3 aromatic rings. The second-order valence-corrected chi connectivity index (χ2v) is 7.55. The second kappa shape index (κ2) is 6.67. The first kappa shape index (κ1) is 18.6. The number of nitrogens with one attached hydrogen (secondary N) is 1. The molecule has 1 saturated carbocycles. The van der Waals surface area contributed by atoms with E-state index in [9.17, 15) is 14.4 Å². The first-order valence-corrected chi connectivity index (χ1v) is 9.19. The Bertz CT molecular complexity index is 1080. The number of aryl methyl sites for hydroxylation is 1. The van der Waals surface area contributed by atoms with Gasteiger partial charge in [0.25, 0.3) is 5.91 Å². The molecular formula is C21H21F2N3O2. The summed E-state index contributed by atoms with van der Waals surface area (Å²) in [5, 5.41) is 14.2. The fraction of sp³-hybridized carbons (Fsp3) is 0.333. The van der Waals surface area contributed by atoms with Crippen molar-refractivity contribution in [3.63, 3.8) is 0 Å². The Labute approximate surface area is 160 Å². The van der Waals surface area contributed by atoms with Crippen LogP contribution < -0.4 is 5.48 Å². The van der Waals surface area contributed by atoms with E-state index in [1.54, 1.807) is 43.8 Å². The molecule has 146 valence electrons. The van der Waals surface area contributed by atoms with Crippen LogP contribution in [-0.2, 0) is 17.3 Å². The molecule has 5 nitrogen and oxygen atoms in total. The molecule has 4 rings (SSSR count). The van der Waals surface area contributed by atoms with E-state index < -0.39 is 17.1 Å². The van der Waals surface area contributed by atoms with Crippen LogP contribution >= 0.6 is 0 Å². The number of rotatable bonds is 3. The number of hydroxylamine groups is 1. The van der Waals surface area contributed by atoms with Gasteiger partial charge in [-0.15, -0.1) is 0 Å². The van der Waals surface area contributed by atoms with Gasteiger partial charge in [0.1, 0.15) is 11.3 Å². The lowest BCUT2D eigenvalue weighted by Gasteiger charge is -2.29. The first-order valence-electron chi connectivity index (χ1n) is 9.19. The monoisotopic (exact) mass is 385 g/mol. The Kier molecular flexibility index (Phi) is 4.42. The molecule has 0 spiro atoms. The van der Waals surface area contributed by atoms with Crippen molar-refractivity contribution in [1.29, 1.82) is 0 Å². The number of carbonyl (C=O) groups excluding carboxylic acids is 1. The molecule has 0 aliphatic heterocycles. The summed E-state index contributed by atoms with van der Waals surface area (Å²) in [5.41, 5.74) is 2.47. The van der Waals surface area contributed by atoms with Crippen LogP contribution in [0.5, 0.6) is 0 Å². The summed E-state index contributed by atoms with van der Waals surface area (Å²) in [6, 6.07) is 8.15. The molecule has 1 amide bonds. The summed E-state index contributed by atoms with van der Waals surface area (Å²) in [4.78, 5) is 12.7. The number of aromatic nitrogens is 2. The lowest BCUT2D eigenvalue weighted by atomic mass is 9.75. The van der Waals surface area contributed by atoms with Gasteiger partial charge in [0, 0.05) is 12.4 Å². The van der Waals surface area contributed by atoms with Gasteiger partial charge < -0.3 is 0 Å². The molecule has 28 heavy (non-hydrogen) atoms. The molecule has 0 bridgehead atoms. The topological polar surface area (TPSA) is 67.2 Å². The van der Waals surface area contributed by atoms with Crippen LogP contribution in [-0.4, -0.2) is 20.9 Å². The molecule has 2 aromatic carbocycles. The highest BCUT2D eigenvalue weighted by atomic mass is 19.1. The van der Waals surface area contributed by atoms with Crippen LogP contribution in [0.25, 0.3) is 10.9 Å². The Hall–Kier alpha value is -2.80. The highest BCUT2D eigenvalue weighted by molar-refractivity contribution is 5.88. The average molecular weight is 385 g/mol. The summed E-state index contributed by atoms with van der Waals surface area (Å²) in [6.45, 7) is 1.62. The van der Waals surface area contributed by atoms with Gasteiger partial charge >= 0.3 is 0 Å². The van der Waals surface area contributed by atoms with Crippen molar-refractivity contribution >= 4 is 16.8 Å². The van der Waals surface area contributed by atoms with Gasteiger partial charge in [-0.1, -0.05) is 24.3 Å². The maximum Gasteiger partial charge on any atom is 0.254 e. The van der Waals surface area contributed by atoms with Crippen molar-refractivity contribution in [3.05, 3.63) is 64.9 Å². The third kappa shape index (κ3) is 2.61. The lowest BCUT2D eigenvalue weighted by Crippen LogP contribution is -2.42. The molecule has 1 heterocycles. The predicted molar refractivity (Wildman–Crippen MR) is 100 cm³/mol. The zero-order chi connectivity index (χ0) is 20.1. The molecule has 1 fully saturated rings. The number of carbonyl (C=O) groups is 1. The second-order valence-electron chi connectivity index (χ2n) is 7.55. The van der Waals surface area contributed by atoms with E-state index in [0.29, 0.717) is 40.4 Å². The Morgan fingerprint density at radius 2 is 2.11 bits per heavy atom. The van der Waals surface area contributed by atoms with Gasteiger partial charge in [0.2, 0.25) is 0 Å².